The summed E-state index contributed by atoms with van der Waals surface area (Å²) in [7, 11) is -3.91. The SMILES string of the molecule is O=c1oc2cc(S(=O)(=O)Nc3ncns3)ccc2n1Cc1ccccc1-c1cccc2c1CCNC2. The first-order valence-electron chi connectivity index (χ1n) is 11.3. The van der Waals surface area contributed by atoms with Crippen LogP contribution in [0.2, 0.25) is 0 Å². The van der Waals surface area contributed by atoms with Gasteiger partial charge >= 0.3 is 5.76 Å². The van der Waals surface area contributed by atoms with Gasteiger partial charge in [0.25, 0.3) is 10.0 Å². The van der Waals surface area contributed by atoms with Gasteiger partial charge in [-0.2, -0.15) is 4.37 Å². The fraction of sp³-hybridized carbons (Fsp3) is 0.160. The molecule has 2 aromatic heterocycles. The number of benzene rings is 3. The largest absolute Gasteiger partial charge is 0.420 e. The third kappa shape index (κ3) is 4.11. The van der Waals surface area contributed by atoms with Gasteiger partial charge in [-0.3, -0.25) is 9.29 Å². The number of nitrogens with one attached hydrogen (secondary N) is 2. The fourth-order valence-corrected chi connectivity index (χ4v) is 6.31. The Kier molecular flexibility index (Phi) is 5.67. The van der Waals surface area contributed by atoms with Crippen LogP contribution in [0.25, 0.3) is 22.2 Å². The normalized spacial score (nSPS) is 13.6. The number of anilines is 1. The van der Waals surface area contributed by atoms with Gasteiger partial charge in [0.05, 0.1) is 17.0 Å². The van der Waals surface area contributed by atoms with E-state index in [1.165, 1.54) is 39.7 Å². The molecule has 3 heterocycles. The lowest BCUT2D eigenvalue weighted by Gasteiger charge is -2.22. The van der Waals surface area contributed by atoms with Crippen molar-refractivity contribution in [1.82, 2.24) is 19.2 Å². The minimum absolute atomic E-state index is 0.0315. The van der Waals surface area contributed by atoms with Crippen LogP contribution in [-0.4, -0.2) is 28.9 Å². The smallest absolute Gasteiger partial charge is 0.408 e. The van der Waals surface area contributed by atoms with Gasteiger partial charge in [0, 0.05) is 24.1 Å². The van der Waals surface area contributed by atoms with Crippen molar-refractivity contribution in [3.05, 3.63) is 94.2 Å². The minimum Gasteiger partial charge on any atom is -0.408 e. The maximum absolute atomic E-state index is 12.8. The summed E-state index contributed by atoms with van der Waals surface area (Å²) >= 11 is 0.931. The Morgan fingerprint density at radius 3 is 2.81 bits per heavy atom. The average Bonchev–Trinajstić information content (AvgIpc) is 3.50. The molecule has 0 fully saturated rings. The molecule has 6 rings (SSSR count). The fourth-order valence-electron chi connectivity index (χ4n) is 4.63. The Hall–Kier alpha value is -3.80. The summed E-state index contributed by atoms with van der Waals surface area (Å²) in [4.78, 5) is 16.7. The van der Waals surface area contributed by atoms with Crippen LogP contribution in [0, 0.1) is 0 Å². The summed E-state index contributed by atoms with van der Waals surface area (Å²) in [6.45, 7) is 2.06. The van der Waals surface area contributed by atoms with E-state index < -0.39 is 15.8 Å². The molecular weight excluding hydrogens is 498 g/mol. The Balaban J connectivity index is 1.38. The molecule has 3 aromatic carbocycles. The van der Waals surface area contributed by atoms with Gasteiger partial charge in [-0.05, 0) is 52.9 Å². The molecule has 1 aliphatic rings. The van der Waals surface area contributed by atoms with E-state index >= 15 is 0 Å². The van der Waals surface area contributed by atoms with Gasteiger partial charge in [-0.25, -0.2) is 18.2 Å². The van der Waals surface area contributed by atoms with E-state index in [9.17, 15) is 13.2 Å². The summed E-state index contributed by atoms with van der Waals surface area (Å²) in [5.74, 6) is -0.550. The highest BCUT2D eigenvalue weighted by atomic mass is 32.2. The van der Waals surface area contributed by atoms with Gasteiger partial charge in [0.15, 0.2) is 5.58 Å². The number of aromatic nitrogens is 3. The highest BCUT2D eigenvalue weighted by Gasteiger charge is 2.20. The van der Waals surface area contributed by atoms with E-state index in [1.54, 1.807) is 6.07 Å². The Bertz CT molecular complexity index is 1740. The zero-order chi connectivity index (χ0) is 24.7. The molecule has 0 amide bonds. The molecule has 9 nitrogen and oxygen atoms in total. The van der Waals surface area contributed by atoms with Gasteiger partial charge in [-0.15, -0.1) is 0 Å². The van der Waals surface area contributed by atoms with E-state index in [-0.39, 0.29) is 15.6 Å². The van der Waals surface area contributed by atoms with Gasteiger partial charge in [0.2, 0.25) is 5.13 Å². The Labute approximate surface area is 210 Å². The minimum atomic E-state index is -3.91. The molecule has 1 aliphatic heterocycles. The molecule has 0 saturated heterocycles. The van der Waals surface area contributed by atoms with Crippen molar-refractivity contribution in [2.75, 3.05) is 11.3 Å². The van der Waals surface area contributed by atoms with Gasteiger partial charge in [0.1, 0.15) is 6.33 Å². The van der Waals surface area contributed by atoms with E-state index in [2.05, 4.69) is 43.7 Å². The number of rotatable bonds is 6. The van der Waals surface area contributed by atoms with Crippen molar-refractivity contribution >= 4 is 37.8 Å². The van der Waals surface area contributed by atoms with E-state index in [1.807, 2.05) is 18.2 Å². The van der Waals surface area contributed by atoms with Crippen molar-refractivity contribution in [1.29, 1.82) is 0 Å². The van der Waals surface area contributed by atoms with Crippen LogP contribution in [0.3, 0.4) is 0 Å². The third-order valence-electron chi connectivity index (χ3n) is 6.31. The Morgan fingerprint density at radius 1 is 1.08 bits per heavy atom. The Morgan fingerprint density at radius 2 is 1.94 bits per heavy atom. The van der Waals surface area contributed by atoms with Crippen LogP contribution in [0.1, 0.15) is 16.7 Å². The number of sulfonamides is 1. The monoisotopic (exact) mass is 519 g/mol. The lowest BCUT2D eigenvalue weighted by Crippen LogP contribution is -2.24. The lowest BCUT2D eigenvalue weighted by atomic mass is 9.89. The molecule has 0 atom stereocenters. The molecule has 182 valence electrons. The number of hydrogen-bond acceptors (Lipinski definition) is 8. The predicted octanol–water partition coefficient (Wildman–Crippen LogP) is 3.61. The third-order valence-corrected chi connectivity index (χ3v) is 8.36. The second-order valence-corrected chi connectivity index (χ2v) is 10.9. The van der Waals surface area contributed by atoms with Crippen molar-refractivity contribution < 1.29 is 12.8 Å². The highest BCUT2D eigenvalue weighted by molar-refractivity contribution is 7.93. The molecule has 11 heteroatoms. The highest BCUT2D eigenvalue weighted by Crippen LogP contribution is 2.32. The van der Waals surface area contributed by atoms with E-state index in [0.717, 1.165) is 42.2 Å². The second-order valence-electron chi connectivity index (χ2n) is 8.46. The van der Waals surface area contributed by atoms with Crippen molar-refractivity contribution in [2.45, 2.75) is 24.4 Å². The second kappa shape index (κ2) is 9.01. The number of fused-ring (bicyclic) bond motifs is 2. The maximum atomic E-state index is 12.8. The van der Waals surface area contributed by atoms with Gasteiger partial charge in [-0.1, -0.05) is 42.5 Å². The molecule has 2 N–H and O–H groups in total. The van der Waals surface area contributed by atoms with Crippen LogP contribution in [-0.2, 0) is 29.5 Å². The summed E-state index contributed by atoms with van der Waals surface area (Å²) in [6, 6.07) is 18.8. The van der Waals surface area contributed by atoms with Crippen LogP contribution >= 0.6 is 11.5 Å². The zero-order valence-electron chi connectivity index (χ0n) is 19.0. The first-order chi connectivity index (χ1) is 17.5. The maximum Gasteiger partial charge on any atom is 0.420 e. The molecule has 0 radical (unpaired) electrons. The van der Waals surface area contributed by atoms with Crippen LogP contribution < -0.4 is 15.8 Å². The summed E-state index contributed by atoms with van der Waals surface area (Å²) in [5, 5.41) is 3.57. The number of oxazole rings is 1. The summed E-state index contributed by atoms with van der Waals surface area (Å²) in [6.07, 6.45) is 2.21. The zero-order valence-corrected chi connectivity index (χ0v) is 20.6. The van der Waals surface area contributed by atoms with E-state index in [4.69, 9.17) is 4.42 Å². The molecular formula is C25H21N5O4S2. The first-order valence-corrected chi connectivity index (χ1v) is 13.6. The van der Waals surface area contributed by atoms with Crippen LogP contribution in [0.15, 0.2) is 81.1 Å². The van der Waals surface area contributed by atoms with Gasteiger partial charge < -0.3 is 9.73 Å². The molecule has 0 aliphatic carbocycles. The molecule has 5 aromatic rings. The quantitative estimate of drug-likeness (QED) is 0.352. The summed E-state index contributed by atoms with van der Waals surface area (Å²) in [5.41, 5.74) is 6.54. The van der Waals surface area contributed by atoms with E-state index in [0.29, 0.717) is 12.1 Å². The van der Waals surface area contributed by atoms with Crippen molar-refractivity contribution in [3.8, 4) is 11.1 Å². The number of nitrogens with zero attached hydrogens (tertiary/aromatic N) is 3. The topological polar surface area (TPSA) is 119 Å². The molecule has 0 unspecified atom stereocenters. The van der Waals surface area contributed by atoms with Crippen molar-refractivity contribution in [2.24, 2.45) is 0 Å². The van der Waals surface area contributed by atoms with Crippen molar-refractivity contribution in [3.63, 3.8) is 0 Å². The molecule has 0 spiro atoms. The molecule has 36 heavy (non-hydrogen) atoms. The number of hydrogen-bond donors (Lipinski definition) is 2. The van der Waals surface area contributed by atoms with Crippen LogP contribution in [0.5, 0.6) is 0 Å². The molecule has 0 saturated carbocycles. The first kappa shape index (κ1) is 22.7. The standard InChI is InChI=1S/C25H21N5O4S2/c31-25-30(22-9-8-18(12-23(22)34-25)36(32,33)29-24-27-15-28-35-24)14-17-4-1-2-6-19(17)21-7-3-5-16-13-26-11-10-20(16)21/h1-9,12,15,26H,10-11,13-14H2,(H,27,28,29). The van der Waals surface area contributed by atoms with Crippen LogP contribution in [0.4, 0.5) is 5.13 Å². The molecule has 0 bridgehead atoms. The summed E-state index contributed by atoms with van der Waals surface area (Å²) < 4.78 is 38.6. The predicted molar refractivity (Wildman–Crippen MR) is 138 cm³/mol. The lowest BCUT2D eigenvalue weighted by molar-refractivity contribution is 0.517. The average molecular weight is 520 g/mol.